The van der Waals surface area contributed by atoms with Gasteiger partial charge in [-0.15, -0.1) is 0 Å². The normalized spacial score (nSPS) is 19.5. The van der Waals surface area contributed by atoms with E-state index in [4.69, 9.17) is 22.3 Å². The van der Waals surface area contributed by atoms with Crippen molar-refractivity contribution in [3.8, 4) is 0 Å². The molecule has 28 nitrogen and oxygen atoms in total. The quantitative estimate of drug-likeness (QED) is 0.0227. The van der Waals surface area contributed by atoms with Crippen LogP contribution in [0, 0.1) is 11.8 Å². The number of guanidine groups is 1. The summed E-state index contributed by atoms with van der Waals surface area (Å²) in [5.74, 6) is -9.43. The lowest BCUT2D eigenvalue weighted by Gasteiger charge is -2.34. The van der Waals surface area contributed by atoms with Crippen molar-refractivity contribution in [3.05, 3.63) is 34.2 Å². The van der Waals surface area contributed by atoms with Crippen LogP contribution in [-0.4, -0.2) is 188 Å². The van der Waals surface area contributed by atoms with Crippen molar-refractivity contribution in [1.29, 1.82) is 0 Å². The number of H-pyrrole nitrogens is 1. The lowest BCUT2D eigenvalue weighted by Crippen LogP contribution is -2.60. The number of hydrogen-bond donors (Lipinski definition) is 12. The Morgan fingerprint density at radius 3 is 1.77 bits per heavy atom. The molecule has 77 heavy (non-hydrogen) atoms. The zero-order chi connectivity index (χ0) is 57.3. The fraction of sp³-hybridized carbons (Fsp3) is 0.653. The molecule has 0 saturated carbocycles. The number of aliphatic hydroxyl groups is 1. The molecular weight excluding hydrogens is 1010 g/mol. The zero-order valence-electron chi connectivity index (χ0n) is 44.2. The van der Waals surface area contributed by atoms with E-state index >= 15 is 0 Å². The Morgan fingerprint density at radius 1 is 0.688 bits per heavy atom. The predicted molar refractivity (Wildman–Crippen MR) is 275 cm³/mol. The van der Waals surface area contributed by atoms with Crippen LogP contribution < -0.4 is 54.7 Å². The van der Waals surface area contributed by atoms with Crippen LogP contribution in [0.3, 0.4) is 0 Å². The number of primary amides is 1. The molecule has 3 aliphatic heterocycles. The Hall–Kier alpha value is -7.65. The SMILES string of the molecule is CC(C)C[C@H](NC(=O)[C@@H]1CCCN1C(=O)[C@@H]1CCCN1C(=O)[C@H](CC(C)C)NC(=O)[C@H](C)NC(=O)[C@H](CCCN=C(N)N)NC(=O)c1ccc[nH]c1=O)C(=O)N1CCC[C@H]1C(=O)N[C@@H](CNC(=O)C(O)CC(=O)O)C(N)=O. The van der Waals surface area contributed by atoms with Crippen molar-refractivity contribution in [3.63, 3.8) is 0 Å². The average Bonchev–Trinajstić information content (AvgIpc) is 4.17. The fourth-order valence-electron chi connectivity index (χ4n) is 9.49. The maximum absolute atomic E-state index is 14.5. The monoisotopic (exact) mass is 1080 g/mol. The summed E-state index contributed by atoms with van der Waals surface area (Å²) < 4.78 is 0. The van der Waals surface area contributed by atoms with Crippen LogP contribution in [0.4, 0.5) is 0 Å². The van der Waals surface area contributed by atoms with Crippen molar-refractivity contribution in [2.45, 2.75) is 160 Å². The number of likely N-dealkylation sites (tertiary alicyclic amines) is 3. The number of carboxylic acid groups (broad SMARTS) is 1. The first-order valence-corrected chi connectivity index (χ1v) is 25.9. The first kappa shape index (κ1) is 61.9. The number of aliphatic imine (C=N–C) groups is 1. The third-order valence-electron chi connectivity index (χ3n) is 13.3. The highest BCUT2D eigenvalue weighted by Crippen LogP contribution is 2.27. The number of nitrogens with two attached hydrogens (primary N) is 3. The minimum Gasteiger partial charge on any atom is -0.481 e. The predicted octanol–water partition coefficient (Wildman–Crippen LogP) is -4.01. The maximum atomic E-state index is 14.5. The molecule has 3 saturated heterocycles. The molecule has 10 amide bonds. The van der Waals surface area contributed by atoms with Gasteiger partial charge in [-0.2, -0.15) is 0 Å². The van der Waals surface area contributed by atoms with E-state index < -0.39 is 138 Å². The summed E-state index contributed by atoms with van der Waals surface area (Å²) in [6.45, 7) is 8.73. The van der Waals surface area contributed by atoms with Gasteiger partial charge < -0.3 is 79.0 Å². The minimum atomic E-state index is -1.93. The van der Waals surface area contributed by atoms with Crippen LogP contribution in [0.2, 0.25) is 0 Å². The molecule has 0 radical (unpaired) electrons. The zero-order valence-corrected chi connectivity index (χ0v) is 44.2. The summed E-state index contributed by atoms with van der Waals surface area (Å²) in [5.41, 5.74) is 15.4. The first-order chi connectivity index (χ1) is 36.3. The topological polar surface area (TPSA) is 433 Å². The van der Waals surface area contributed by atoms with Gasteiger partial charge in [-0.05, 0) is 95.1 Å². The van der Waals surface area contributed by atoms with Gasteiger partial charge in [0, 0.05) is 38.9 Å². The molecule has 1 unspecified atom stereocenters. The fourth-order valence-corrected chi connectivity index (χ4v) is 9.49. The van der Waals surface area contributed by atoms with Crippen LogP contribution in [0.15, 0.2) is 28.1 Å². The largest absolute Gasteiger partial charge is 0.481 e. The van der Waals surface area contributed by atoms with E-state index in [1.54, 1.807) is 0 Å². The molecular formula is C49H76N14O14. The molecule has 15 N–H and O–H groups in total. The number of aromatic amines is 1. The lowest BCUT2D eigenvalue weighted by molar-refractivity contribution is -0.148. The van der Waals surface area contributed by atoms with Gasteiger partial charge in [0.15, 0.2) is 5.96 Å². The maximum Gasteiger partial charge on any atom is 0.306 e. The van der Waals surface area contributed by atoms with Gasteiger partial charge in [-0.3, -0.25) is 62.5 Å². The second-order valence-electron chi connectivity index (χ2n) is 20.4. The summed E-state index contributed by atoms with van der Waals surface area (Å²) in [4.78, 5) is 170. The molecule has 3 fully saturated rings. The summed E-state index contributed by atoms with van der Waals surface area (Å²) in [5, 5.41) is 33.9. The number of carbonyl (C=O) groups excluding carboxylic acids is 10. The molecule has 4 heterocycles. The molecule has 1 aromatic heterocycles. The van der Waals surface area contributed by atoms with Crippen LogP contribution in [-0.2, 0) is 47.9 Å². The highest BCUT2D eigenvalue weighted by molar-refractivity contribution is 6.00. The van der Waals surface area contributed by atoms with E-state index in [0.717, 1.165) is 0 Å². The summed E-state index contributed by atoms with van der Waals surface area (Å²) >= 11 is 0. The van der Waals surface area contributed by atoms with Crippen LogP contribution in [0.1, 0.15) is 116 Å². The average molecular weight is 1090 g/mol. The number of amides is 10. The standard InChI is InChI=1S/C49H76N14O14/c1-25(2)21-30(58-39(68)27(5)56-42(71)29(12-7-17-54-49(51)52)57-41(70)28-11-6-16-53-40(28)69)47(76)63-20-10-15-35(63)48(77)62-19-9-14-34(62)43(72)59-31(22-26(3)4)46(75)61-18-8-13-33(61)44(73)60-32(38(50)67)24-55-45(74)36(64)23-37(65)66/h6,11,16,25-27,29-36,64H,7-10,12-15,17-24H2,1-5H3,(H2,50,67)(H,53,69)(H,55,74)(H,56,71)(H,57,70)(H,58,68)(H,59,72)(H,60,73)(H,65,66)(H4,51,52,54)/t27-,29-,30-,31-,32-,33-,34-,35-,36?/m0/s1. The number of nitrogens with zero attached hydrogens (tertiary/aromatic N) is 4. The molecule has 0 bridgehead atoms. The van der Waals surface area contributed by atoms with E-state index in [1.165, 1.54) is 40.0 Å². The number of pyridine rings is 1. The van der Waals surface area contributed by atoms with Crippen LogP contribution in [0.5, 0.6) is 0 Å². The van der Waals surface area contributed by atoms with E-state index in [9.17, 15) is 62.6 Å². The number of aliphatic carboxylic acids is 1. The first-order valence-electron chi connectivity index (χ1n) is 25.9. The molecule has 28 heteroatoms. The van der Waals surface area contributed by atoms with Gasteiger partial charge >= 0.3 is 5.97 Å². The number of nitrogens with one attached hydrogen (secondary N) is 7. The molecule has 0 spiro atoms. The second-order valence-corrected chi connectivity index (χ2v) is 20.4. The Morgan fingerprint density at radius 2 is 1.22 bits per heavy atom. The number of hydrogen-bond acceptors (Lipinski definition) is 14. The Balaban J connectivity index is 1.43. The number of aliphatic hydroxyl groups excluding tert-OH is 1. The molecule has 1 aromatic rings. The van der Waals surface area contributed by atoms with E-state index in [2.05, 4.69) is 41.9 Å². The molecule has 426 valence electrons. The summed E-state index contributed by atoms with van der Waals surface area (Å²) in [7, 11) is 0. The highest BCUT2D eigenvalue weighted by Gasteiger charge is 2.45. The van der Waals surface area contributed by atoms with Gasteiger partial charge in [0.25, 0.3) is 11.5 Å². The third kappa shape index (κ3) is 18.0. The summed E-state index contributed by atoms with van der Waals surface area (Å²) in [6.07, 6.45) is 1.00. The number of aromatic nitrogens is 1. The van der Waals surface area contributed by atoms with Crippen molar-refractivity contribution in [2.24, 2.45) is 34.0 Å². The van der Waals surface area contributed by atoms with Gasteiger partial charge in [0.05, 0.1) is 6.42 Å². The van der Waals surface area contributed by atoms with Gasteiger partial charge in [0.2, 0.25) is 53.2 Å². The molecule has 9 atom stereocenters. The van der Waals surface area contributed by atoms with E-state index in [-0.39, 0.29) is 94.5 Å². The van der Waals surface area contributed by atoms with Gasteiger partial charge in [-0.1, -0.05) is 27.7 Å². The Kier molecular flexibility index (Phi) is 23.3. The van der Waals surface area contributed by atoms with Crippen molar-refractivity contribution < 1.29 is 63.0 Å². The number of carboxylic acids is 1. The van der Waals surface area contributed by atoms with Gasteiger partial charge in [-0.25, -0.2) is 0 Å². The number of rotatable bonds is 27. The molecule has 0 aliphatic carbocycles. The number of carbonyl (C=O) groups is 11. The Bertz CT molecular complexity index is 2430. The van der Waals surface area contributed by atoms with E-state index in [0.29, 0.717) is 19.3 Å². The van der Waals surface area contributed by atoms with Crippen molar-refractivity contribution >= 4 is 71.0 Å². The van der Waals surface area contributed by atoms with E-state index in [1.807, 2.05) is 27.7 Å². The molecule has 4 rings (SSSR count). The second kappa shape index (κ2) is 29.0. The van der Waals surface area contributed by atoms with Crippen LogP contribution >= 0.6 is 0 Å². The van der Waals surface area contributed by atoms with Crippen molar-refractivity contribution in [2.75, 3.05) is 32.7 Å². The summed E-state index contributed by atoms with van der Waals surface area (Å²) in [6, 6.07) is -6.66. The van der Waals surface area contributed by atoms with Gasteiger partial charge in [0.1, 0.15) is 60.0 Å². The smallest absolute Gasteiger partial charge is 0.306 e. The molecule has 3 aliphatic rings. The van der Waals surface area contributed by atoms with Crippen LogP contribution in [0.25, 0.3) is 0 Å². The minimum absolute atomic E-state index is 0.0181. The third-order valence-corrected chi connectivity index (χ3v) is 13.3. The lowest BCUT2D eigenvalue weighted by atomic mass is 10.0. The Labute approximate surface area is 445 Å². The van der Waals surface area contributed by atoms with Crippen molar-refractivity contribution in [1.82, 2.24) is 51.6 Å². The molecule has 0 aromatic carbocycles. The highest BCUT2D eigenvalue weighted by atomic mass is 16.4.